The summed E-state index contributed by atoms with van der Waals surface area (Å²) in [4.78, 5) is 49.6. The highest BCUT2D eigenvalue weighted by molar-refractivity contribution is 6.22. The Balaban J connectivity index is 1.59. The molecule has 2 atom stereocenters. The zero-order chi connectivity index (χ0) is 22.3. The monoisotopic (exact) mass is 423 g/mol. The number of carbonyl (C=O) groups is 3. The van der Waals surface area contributed by atoms with E-state index in [-0.39, 0.29) is 34.4 Å². The van der Waals surface area contributed by atoms with Gasteiger partial charge in [0.25, 0.3) is 11.6 Å². The van der Waals surface area contributed by atoms with Crippen LogP contribution < -0.4 is 10.2 Å². The lowest BCUT2D eigenvalue weighted by atomic mass is 9.82. The molecule has 2 aromatic rings. The number of amides is 3. The van der Waals surface area contributed by atoms with Crippen LogP contribution in [0.25, 0.3) is 0 Å². The van der Waals surface area contributed by atoms with Gasteiger partial charge in [-0.05, 0) is 44.0 Å². The molecule has 0 bridgehead atoms. The van der Waals surface area contributed by atoms with Crippen molar-refractivity contribution in [2.45, 2.75) is 19.8 Å². The van der Waals surface area contributed by atoms with Gasteiger partial charge in [0.2, 0.25) is 11.8 Å². The molecule has 2 aromatic carbocycles. The number of hydrogen-bond acceptors (Lipinski definition) is 5. The van der Waals surface area contributed by atoms with Crippen molar-refractivity contribution in [2.24, 2.45) is 11.8 Å². The van der Waals surface area contributed by atoms with Crippen LogP contribution in [0.1, 0.15) is 30.1 Å². The van der Waals surface area contributed by atoms with Gasteiger partial charge in [0.15, 0.2) is 0 Å². The summed E-state index contributed by atoms with van der Waals surface area (Å²) in [7, 11) is 0. The van der Waals surface area contributed by atoms with Gasteiger partial charge in [0, 0.05) is 17.7 Å². The topological polar surface area (TPSA) is 110 Å². The number of carbonyl (C=O) groups excluding carboxylic acids is 3. The van der Waals surface area contributed by atoms with Crippen molar-refractivity contribution in [3.05, 3.63) is 75.6 Å². The summed E-state index contributed by atoms with van der Waals surface area (Å²) in [5.74, 6) is -2.98. The molecule has 3 amide bonds. The highest BCUT2D eigenvalue weighted by atomic mass is 19.1. The second kappa shape index (κ2) is 7.75. The molecule has 2 aliphatic rings. The molecule has 0 aromatic heterocycles. The number of benzene rings is 2. The normalized spacial score (nSPS) is 20.3. The van der Waals surface area contributed by atoms with Crippen LogP contribution in [0.2, 0.25) is 0 Å². The first-order valence-corrected chi connectivity index (χ1v) is 9.65. The van der Waals surface area contributed by atoms with Gasteiger partial charge in [-0.2, -0.15) is 0 Å². The fourth-order valence-electron chi connectivity index (χ4n) is 4.00. The number of allylic oxidation sites excluding steroid dienone is 2. The molecule has 1 N–H and O–H groups in total. The Bertz CT molecular complexity index is 1160. The number of hydrogen-bond donors (Lipinski definition) is 1. The van der Waals surface area contributed by atoms with Crippen LogP contribution in [0.4, 0.5) is 21.5 Å². The van der Waals surface area contributed by atoms with Crippen molar-refractivity contribution in [2.75, 3.05) is 10.2 Å². The van der Waals surface area contributed by atoms with E-state index < -0.39 is 28.5 Å². The molecular formula is C22H18FN3O5. The molecule has 0 spiro atoms. The van der Waals surface area contributed by atoms with Crippen LogP contribution in [0.5, 0.6) is 0 Å². The minimum absolute atomic E-state index is 0.0770. The number of fused-ring (bicyclic) bond motifs is 1. The number of anilines is 2. The van der Waals surface area contributed by atoms with Gasteiger partial charge < -0.3 is 5.32 Å². The average molecular weight is 423 g/mol. The third-order valence-electron chi connectivity index (χ3n) is 5.60. The van der Waals surface area contributed by atoms with Gasteiger partial charge in [-0.1, -0.05) is 17.7 Å². The minimum atomic E-state index is -0.827. The molecule has 0 saturated carbocycles. The van der Waals surface area contributed by atoms with Crippen molar-refractivity contribution >= 4 is 34.8 Å². The summed E-state index contributed by atoms with van der Waals surface area (Å²) in [5, 5.41) is 13.2. The number of imide groups is 1. The third-order valence-corrected chi connectivity index (χ3v) is 5.60. The zero-order valence-electron chi connectivity index (χ0n) is 16.5. The van der Waals surface area contributed by atoms with E-state index in [1.807, 2.05) is 13.0 Å². The van der Waals surface area contributed by atoms with E-state index in [0.29, 0.717) is 12.8 Å². The highest BCUT2D eigenvalue weighted by Crippen LogP contribution is 2.39. The van der Waals surface area contributed by atoms with Crippen LogP contribution in [0.3, 0.4) is 0 Å². The van der Waals surface area contributed by atoms with E-state index >= 15 is 0 Å². The molecule has 9 heteroatoms. The molecule has 0 unspecified atom stereocenters. The number of nitro benzene ring substituents is 1. The van der Waals surface area contributed by atoms with Crippen molar-refractivity contribution in [1.29, 1.82) is 0 Å². The second-order valence-electron chi connectivity index (χ2n) is 7.64. The van der Waals surface area contributed by atoms with Gasteiger partial charge in [-0.3, -0.25) is 29.4 Å². The first kappa shape index (κ1) is 20.4. The lowest BCUT2D eigenvalue weighted by Crippen LogP contribution is -2.31. The number of nitrogens with zero attached hydrogens (tertiary/aromatic N) is 2. The van der Waals surface area contributed by atoms with Crippen LogP contribution in [-0.2, 0) is 9.59 Å². The van der Waals surface area contributed by atoms with E-state index in [1.54, 1.807) is 6.07 Å². The Morgan fingerprint density at radius 1 is 1.16 bits per heavy atom. The van der Waals surface area contributed by atoms with E-state index in [4.69, 9.17) is 0 Å². The summed E-state index contributed by atoms with van der Waals surface area (Å²) in [6.07, 6.45) is 3.00. The van der Waals surface area contributed by atoms with Gasteiger partial charge in [0.05, 0.1) is 28.1 Å². The summed E-state index contributed by atoms with van der Waals surface area (Å²) >= 11 is 0. The van der Waals surface area contributed by atoms with Gasteiger partial charge >= 0.3 is 0 Å². The molecule has 158 valence electrons. The van der Waals surface area contributed by atoms with E-state index in [9.17, 15) is 28.9 Å². The largest absolute Gasteiger partial charge is 0.319 e. The Labute approximate surface area is 176 Å². The molecule has 1 heterocycles. The van der Waals surface area contributed by atoms with E-state index in [2.05, 4.69) is 5.32 Å². The van der Waals surface area contributed by atoms with Crippen molar-refractivity contribution in [3.8, 4) is 0 Å². The SMILES string of the molecule is CC1=CC[C@H]2C(=O)N(c3cccc(C(=O)Nc4cc([N+](=O)[O-])ccc4F)c3)C(=O)[C@@H]2C1. The fraction of sp³-hybridized carbons (Fsp3) is 0.227. The maximum atomic E-state index is 14.0. The number of non-ortho nitro benzene ring substituents is 1. The summed E-state index contributed by atoms with van der Waals surface area (Å²) in [6.45, 7) is 1.93. The Kier molecular flexibility index (Phi) is 5.10. The standard InChI is InChI=1S/C22H18FN3O5/c1-12-5-7-16-17(9-12)22(29)25(21(16)28)14-4-2-3-13(10-14)20(27)24-19-11-15(26(30)31)6-8-18(19)23/h2-6,8,10-11,16-17H,7,9H2,1H3,(H,24,27)/t16-,17-/m1/s1. The van der Waals surface area contributed by atoms with Crippen LogP contribution in [0.15, 0.2) is 54.1 Å². The first-order chi connectivity index (χ1) is 14.8. The van der Waals surface area contributed by atoms with Crippen LogP contribution in [-0.4, -0.2) is 22.6 Å². The Morgan fingerprint density at radius 2 is 1.90 bits per heavy atom. The molecule has 1 aliphatic heterocycles. The lowest BCUT2D eigenvalue weighted by molar-refractivity contribution is -0.384. The predicted octanol–water partition coefficient (Wildman–Crippen LogP) is 3.83. The quantitative estimate of drug-likeness (QED) is 0.348. The van der Waals surface area contributed by atoms with Crippen LogP contribution in [0, 0.1) is 27.8 Å². The maximum absolute atomic E-state index is 14.0. The number of halogens is 1. The van der Waals surface area contributed by atoms with E-state index in [1.165, 1.54) is 18.2 Å². The van der Waals surface area contributed by atoms with Gasteiger partial charge in [0.1, 0.15) is 5.82 Å². The van der Waals surface area contributed by atoms with Gasteiger partial charge in [-0.15, -0.1) is 0 Å². The van der Waals surface area contributed by atoms with Crippen molar-refractivity contribution in [1.82, 2.24) is 0 Å². The lowest BCUT2D eigenvalue weighted by Gasteiger charge is -2.18. The summed E-state index contributed by atoms with van der Waals surface area (Å²) < 4.78 is 14.0. The van der Waals surface area contributed by atoms with Crippen LogP contribution >= 0.6 is 0 Å². The molecule has 8 nitrogen and oxygen atoms in total. The second-order valence-corrected chi connectivity index (χ2v) is 7.64. The molecule has 1 fully saturated rings. The molecule has 1 saturated heterocycles. The fourth-order valence-corrected chi connectivity index (χ4v) is 4.00. The molecule has 31 heavy (non-hydrogen) atoms. The van der Waals surface area contributed by atoms with Crippen molar-refractivity contribution < 1.29 is 23.7 Å². The van der Waals surface area contributed by atoms with E-state index in [0.717, 1.165) is 28.7 Å². The predicted molar refractivity (Wildman–Crippen MR) is 110 cm³/mol. The molecule has 4 rings (SSSR count). The highest BCUT2D eigenvalue weighted by Gasteiger charge is 2.48. The minimum Gasteiger partial charge on any atom is -0.319 e. The average Bonchev–Trinajstić information content (AvgIpc) is 2.99. The van der Waals surface area contributed by atoms with Gasteiger partial charge in [-0.25, -0.2) is 4.39 Å². The Morgan fingerprint density at radius 3 is 2.65 bits per heavy atom. The maximum Gasteiger partial charge on any atom is 0.271 e. The molecular weight excluding hydrogens is 405 g/mol. The van der Waals surface area contributed by atoms with Crippen molar-refractivity contribution in [3.63, 3.8) is 0 Å². The third kappa shape index (κ3) is 3.70. The number of nitro groups is 1. The first-order valence-electron chi connectivity index (χ1n) is 9.65. The smallest absolute Gasteiger partial charge is 0.271 e. The number of rotatable bonds is 4. The summed E-state index contributed by atoms with van der Waals surface area (Å²) in [5.41, 5.74) is 0.689. The number of nitrogens with one attached hydrogen (secondary N) is 1. The summed E-state index contributed by atoms with van der Waals surface area (Å²) in [6, 6.07) is 8.69. The zero-order valence-corrected chi connectivity index (χ0v) is 16.5. The molecule has 0 radical (unpaired) electrons. The molecule has 1 aliphatic carbocycles. The Hall–Kier alpha value is -3.88.